The molecule has 0 unspecified atom stereocenters. The summed E-state index contributed by atoms with van der Waals surface area (Å²) in [6, 6.07) is 6.70. The average molecular weight is 288 g/mol. The second kappa shape index (κ2) is 6.33. The molecular weight excluding hydrogens is 276 g/mol. The highest BCUT2D eigenvalue weighted by Crippen LogP contribution is 2.29. The monoisotopic (exact) mass is 288 g/mol. The molecule has 0 radical (unpaired) electrons. The Morgan fingerprint density at radius 2 is 1.95 bits per heavy atom. The minimum Gasteiger partial charge on any atom is -0.494 e. The number of carbonyl (C=O) groups excluding carboxylic acids is 1. The molecule has 8 nitrogen and oxygen atoms in total. The van der Waals surface area contributed by atoms with Gasteiger partial charge in [-0.2, -0.15) is 0 Å². The Balaban J connectivity index is 2.12. The number of hydrogen-bond acceptors (Lipinski definition) is 5. The first-order chi connectivity index (χ1) is 10.1. The molecule has 0 spiro atoms. The first-order valence-electron chi connectivity index (χ1n) is 5.90. The topological polar surface area (TPSA) is 106 Å². The number of hydrogen-bond donors (Lipinski definition) is 2. The number of non-ortho nitro benzene ring substituents is 1. The molecule has 2 aromatic rings. The van der Waals surface area contributed by atoms with Gasteiger partial charge in [0, 0.05) is 24.1 Å². The molecule has 21 heavy (non-hydrogen) atoms. The van der Waals surface area contributed by atoms with E-state index in [9.17, 15) is 14.9 Å². The quantitative estimate of drug-likeness (QED) is 0.664. The van der Waals surface area contributed by atoms with Crippen LogP contribution in [0.5, 0.6) is 5.75 Å². The van der Waals surface area contributed by atoms with Crippen molar-refractivity contribution in [3.05, 3.63) is 52.8 Å². The molecule has 1 aromatic carbocycles. The van der Waals surface area contributed by atoms with Crippen molar-refractivity contribution in [1.82, 2.24) is 4.98 Å². The maximum atomic E-state index is 11.8. The van der Waals surface area contributed by atoms with E-state index in [2.05, 4.69) is 15.6 Å². The van der Waals surface area contributed by atoms with Crippen LogP contribution in [0.25, 0.3) is 0 Å². The molecule has 0 atom stereocenters. The van der Waals surface area contributed by atoms with Gasteiger partial charge in [-0.3, -0.25) is 15.1 Å². The van der Waals surface area contributed by atoms with Gasteiger partial charge in [-0.05, 0) is 18.2 Å². The molecule has 1 heterocycles. The number of aromatic nitrogens is 1. The van der Waals surface area contributed by atoms with Gasteiger partial charge in [0.05, 0.1) is 23.8 Å². The Morgan fingerprint density at radius 3 is 2.57 bits per heavy atom. The zero-order valence-corrected chi connectivity index (χ0v) is 11.1. The Kier molecular flexibility index (Phi) is 4.30. The fourth-order valence-electron chi connectivity index (χ4n) is 1.62. The van der Waals surface area contributed by atoms with E-state index in [0.29, 0.717) is 11.4 Å². The molecule has 0 aliphatic rings. The van der Waals surface area contributed by atoms with Gasteiger partial charge < -0.3 is 15.4 Å². The first-order valence-corrected chi connectivity index (χ1v) is 5.90. The number of nitro benzene ring substituents is 1. The number of urea groups is 1. The molecule has 1 aromatic heterocycles. The maximum absolute atomic E-state index is 11.8. The number of nitro groups is 1. The molecule has 0 fully saturated rings. The SMILES string of the molecule is COc1cc([N+](=O)[O-])ccc1NC(=O)Nc1ccncc1. The summed E-state index contributed by atoms with van der Waals surface area (Å²) in [5.41, 5.74) is 0.782. The third-order valence-corrected chi connectivity index (χ3v) is 2.58. The van der Waals surface area contributed by atoms with Crippen LogP contribution in [0.15, 0.2) is 42.7 Å². The van der Waals surface area contributed by atoms with E-state index in [4.69, 9.17) is 4.74 Å². The number of amides is 2. The summed E-state index contributed by atoms with van der Waals surface area (Å²) >= 11 is 0. The number of carbonyl (C=O) groups is 1. The van der Waals surface area contributed by atoms with Crippen molar-refractivity contribution >= 4 is 23.1 Å². The Labute approximate surface area is 119 Å². The van der Waals surface area contributed by atoms with Crippen molar-refractivity contribution in [3.63, 3.8) is 0 Å². The van der Waals surface area contributed by atoms with Crippen molar-refractivity contribution in [2.45, 2.75) is 0 Å². The molecule has 8 heteroatoms. The minimum atomic E-state index is -0.538. The number of anilines is 2. The molecule has 108 valence electrons. The standard InChI is InChI=1S/C13H12N4O4/c1-21-12-8-10(17(19)20)2-3-11(12)16-13(18)15-9-4-6-14-7-5-9/h2-8H,1H3,(H2,14,15,16,18). The fraction of sp³-hybridized carbons (Fsp3) is 0.0769. The molecule has 0 aliphatic heterocycles. The smallest absolute Gasteiger partial charge is 0.323 e. The van der Waals surface area contributed by atoms with Gasteiger partial charge in [-0.15, -0.1) is 0 Å². The van der Waals surface area contributed by atoms with Gasteiger partial charge in [-0.1, -0.05) is 0 Å². The van der Waals surface area contributed by atoms with Crippen LogP contribution in [0, 0.1) is 10.1 Å². The van der Waals surface area contributed by atoms with E-state index in [1.54, 1.807) is 24.5 Å². The normalized spacial score (nSPS) is 9.76. The van der Waals surface area contributed by atoms with Crippen LogP contribution < -0.4 is 15.4 Å². The summed E-state index contributed by atoms with van der Waals surface area (Å²) in [5, 5.41) is 15.8. The second-order valence-corrected chi connectivity index (χ2v) is 3.96. The molecule has 0 aliphatic carbocycles. The number of ether oxygens (including phenoxy) is 1. The number of nitrogens with one attached hydrogen (secondary N) is 2. The number of nitrogens with zero attached hydrogens (tertiary/aromatic N) is 2. The third kappa shape index (κ3) is 3.66. The lowest BCUT2D eigenvalue weighted by molar-refractivity contribution is -0.384. The van der Waals surface area contributed by atoms with Gasteiger partial charge >= 0.3 is 6.03 Å². The third-order valence-electron chi connectivity index (χ3n) is 2.58. The van der Waals surface area contributed by atoms with Gasteiger partial charge in [0.1, 0.15) is 5.75 Å². The molecule has 0 saturated carbocycles. The Morgan fingerprint density at radius 1 is 1.24 bits per heavy atom. The van der Waals surface area contributed by atoms with Crippen LogP contribution in [-0.2, 0) is 0 Å². The van der Waals surface area contributed by atoms with Gasteiger partial charge in [0.2, 0.25) is 0 Å². The zero-order valence-electron chi connectivity index (χ0n) is 11.1. The van der Waals surface area contributed by atoms with E-state index in [1.165, 1.54) is 25.3 Å². The number of benzene rings is 1. The van der Waals surface area contributed by atoms with Crippen LogP contribution in [-0.4, -0.2) is 23.0 Å². The average Bonchev–Trinajstić information content (AvgIpc) is 2.48. The van der Waals surface area contributed by atoms with E-state index in [1.807, 2.05) is 0 Å². The first kappa shape index (κ1) is 14.3. The Hall–Kier alpha value is -3.16. The van der Waals surface area contributed by atoms with Crippen molar-refractivity contribution < 1.29 is 14.5 Å². The highest BCUT2D eigenvalue weighted by Gasteiger charge is 2.13. The molecule has 2 amide bonds. The maximum Gasteiger partial charge on any atom is 0.323 e. The number of pyridine rings is 1. The van der Waals surface area contributed by atoms with Crippen LogP contribution in [0.1, 0.15) is 0 Å². The van der Waals surface area contributed by atoms with E-state index >= 15 is 0 Å². The summed E-state index contributed by atoms with van der Waals surface area (Å²) in [6.45, 7) is 0. The predicted octanol–water partition coefficient (Wildman–Crippen LogP) is 2.64. The van der Waals surface area contributed by atoms with Crippen LogP contribution in [0.3, 0.4) is 0 Å². The van der Waals surface area contributed by atoms with E-state index < -0.39 is 11.0 Å². The molecule has 2 N–H and O–H groups in total. The lowest BCUT2D eigenvalue weighted by Gasteiger charge is -2.10. The van der Waals surface area contributed by atoms with Crippen LogP contribution in [0.2, 0.25) is 0 Å². The largest absolute Gasteiger partial charge is 0.494 e. The van der Waals surface area contributed by atoms with Crippen molar-refractivity contribution in [1.29, 1.82) is 0 Å². The van der Waals surface area contributed by atoms with Crippen molar-refractivity contribution in [2.24, 2.45) is 0 Å². The summed E-state index contributed by atoms with van der Waals surface area (Å²) in [7, 11) is 1.37. The lowest BCUT2D eigenvalue weighted by Crippen LogP contribution is -2.19. The van der Waals surface area contributed by atoms with Gasteiger partial charge in [0.25, 0.3) is 5.69 Å². The number of rotatable bonds is 4. The highest BCUT2D eigenvalue weighted by atomic mass is 16.6. The zero-order chi connectivity index (χ0) is 15.2. The molecule has 0 saturated heterocycles. The molecule has 0 bridgehead atoms. The summed E-state index contributed by atoms with van der Waals surface area (Å²) in [6.07, 6.45) is 3.09. The highest BCUT2D eigenvalue weighted by molar-refractivity contribution is 6.00. The fourth-order valence-corrected chi connectivity index (χ4v) is 1.62. The second-order valence-electron chi connectivity index (χ2n) is 3.96. The minimum absolute atomic E-state index is 0.119. The van der Waals surface area contributed by atoms with E-state index in [-0.39, 0.29) is 11.4 Å². The van der Waals surface area contributed by atoms with Crippen LogP contribution >= 0.6 is 0 Å². The lowest BCUT2D eigenvalue weighted by atomic mass is 10.2. The van der Waals surface area contributed by atoms with Gasteiger partial charge in [-0.25, -0.2) is 4.79 Å². The van der Waals surface area contributed by atoms with Crippen molar-refractivity contribution in [2.75, 3.05) is 17.7 Å². The van der Waals surface area contributed by atoms with Crippen molar-refractivity contribution in [3.8, 4) is 5.75 Å². The molecular formula is C13H12N4O4. The molecule has 2 rings (SSSR count). The van der Waals surface area contributed by atoms with Gasteiger partial charge in [0.15, 0.2) is 0 Å². The summed E-state index contributed by atoms with van der Waals surface area (Å²) < 4.78 is 5.03. The number of methoxy groups -OCH3 is 1. The van der Waals surface area contributed by atoms with E-state index in [0.717, 1.165) is 0 Å². The summed E-state index contributed by atoms with van der Waals surface area (Å²) in [5.74, 6) is 0.203. The predicted molar refractivity (Wildman–Crippen MR) is 76.5 cm³/mol. The Bertz CT molecular complexity index is 660. The summed E-state index contributed by atoms with van der Waals surface area (Å²) in [4.78, 5) is 25.8. The van der Waals surface area contributed by atoms with Crippen LogP contribution in [0.4, 0.5) is 21.9 Å².